The first kappa shape index (κ1) is 8.90. The average Bonchev–Trinajstić information content (AvgIpc) is 2.62. The van der Waals surface area contributed by atoms with Crippen LogP contribution in [0.15, 0.2) is 5.51 Å². The average molecular weight is 198 g/mol. The van der Waals surface area contributed by atoms with Gasteiger partial charge in [-0.15, -0.1) is 10.2 Å². The number of aromatic nitrogens is 2. The first-order chi connectivity index (χ1) is 6.34. The van der Waals surface area contributed by atoms with Crippen LogP contribution in [0.1, 0.15) is 19.8 Å². The summed E-state index contributed by atoms with van der Waals surface area (Å²) < 4.78 is 0. The Kier molecular flexibility index (Phi) is 2.75. The molecule has 0 spiro atoms. The fourth-order valence-corrected chi connectivity index (χ4v) is 2.06. The highest BCUT2D eigenvalue weighted by Crippen LogP contribution is 2.15. The lowest BCUT2D eigenvalue weighted by atomic mass is 10.0. The number of anilines is 1. The molecule has 1 aromatic heterocycles. The number of nitrogens with one attached hydrogen (secondary N) is 2. The molecule has 5 heteroatoms. The van der Waals surface area contributed by atoms with Crippen LogP contribution >= 0.6 is 11.3 Å². The van der Waals surface area contributed by atoms with Gasteiger partial charge in [0.15, 0.2) is 0 Å². The SMILES string of the molecule is CC1CCC(Nc2nncs2)CN1. The van der Waals surface area contributed by atoms with Crippen molar-refractivity contribution in [3.05, 3.63) is 5.51 Å². The Labute approximate surface area is 81.8 Å². The van der Waals surface area contributed by atoms with E-state index in [0.717, 1.165) is 11.7 Å². The zero-order valence-corrected chi connectivity index (χ0v) is 8.47. The number of hydrogen-bond acceptors (Lipinski definition) is 5. The number of nitrogens with zero attached hydrogens (tertiary/aromatic N) is 2. The fourth-order valence-electron chi connectivity index (χ4n) is 1.53. The Bertz CT molecular complexity index is 241. The summed E-state index contributed by atoms with van der Waals surface area (Å²) >= 11 is 1.56. The van der Waals surface area contributed by atoms with Gasteiger partial charge in [0, 0.05) is 18.6 Å². The van der Waals surface area contributed by atoms with E-state index < -0.39 is 0 Å². The van der Waals surface area contributed by atoms with Crippen molar-refractivity contribution in [3.8, 4) is 0 Å². The van der Waals surface area contributed by atoms with Gasteiger partial charge in [-0.1, -0.05) is 11.3 Å². The van der Waals surface area contributed by atoms with Crippen LogP contribution in [0.5, 0.6) is 0 Å². The van der Waals surface area contributed by atoms with Crippen LogP contribution in [0, 0.1) is 0 Å². The monoisotopic (exact) mass is 198 g/mol. The normalized spacial score (nSPS) is 28.7. The van der Waals surface area contributed by atoms with Gasteiger partial charge in [0.05, 0.1) is 0 Å². The number of piperidine rings is 1. The van der Waals surface area contributed by atoms with Crippen LogP contribution in [0.25, 0.3) is 0 Å². The smallest absolute Gasteiger partial charge is 0.205 e. The van der Waals surface area contributed by atoms with Crippen molar-refractivity contribution in [1.29, 1.82) is 0 Å². The molecule has 1 aliphatic heterocycles. The summed E-state index contributed by atoms with van der Waals surface area (Å²) in [6.07, 6.45) is 2.45. The van der Waals surface area contributed by atoms with Crippen molar-refractivity contribution in [2.24, 2.45) is 0 Å². The van der Waals surface area contributed by atoms with Gasteiger partial charge in [-0.3, -0.25) is 0 Å². The van der Waals surface area contributed by atoms with E-state index in [0.29, 0.717) is 12.1 Å². The van der Waals surface area contributed by atoms with Crippen molar-refractivity contribution in [3.63, 3.8) is 0 Å². The molecule has 1 aliphatic rings. The summed E-state index contributed by atoms with van der Waals surface area (Å²) in [6, 6.07) is 1.18. The molecule has 13 heavy (non-hydrogen) atoms. The summed E-state index contributed by atoms with van der Waals surface area (Å²) in [6.45, 7) is 3.25. The molecule has 2 atom stereocenters. The molecule has 72 valence electrons. The summed E-state index contributed by atoms with van der Waals surface area (Å²) in [4.78, 5) is 0. The second-order valence-corrected chi connectivity index (χ2v) is 4.31. The molecule has 1 saturated heterocycles. The third-order valence-corrected chi connectivity index (χ3v) is 2.97. The van der Waals surface area contributed by atoms with Gasteiger partial charge in [-0.25, -0.2) is 0 Å². The standard InChI is InChI=1S/C8H14N4S/c1-6-2-3-7(4-9-6)11-8-12-10-5-13-8/h5-7,9H,2-4H2,1H3,(H,11,12). The minimum Gasteiger partial charge on any atom is -0.356 e. The molecular formula is C8H14N4S. The second kappa shape index (κ2) is 4.02. The zero-order chi connectivity index (χ0) is 9.10. The van der Waals surface area contributed by atoms with E-state index in [2.05, 4.69) is 27.8 Å². The summed E-state index contributed by atoms with van der Waals surface area (Å²) in [5.74, 6) is 0. The predicted octanol–water partition coefficient (Wildman–Crippen LogP) is 1.09. The Balaban J connectivity index is 1.83. The van der Waals surface area contributed by atoms with Crippen LogP contribution in [0.4, 0.5) is 5.13 Å². The summed E-state index contributed by atoms with van der Waals surface area (Å²) in [5, 5.41) is 15.5. The molecule has 4 nitrogen and oxygen atoms in total. The highest BCUT2D eigenvalue weighted by Gasteiger charge is 2.17. The lowest BCUT2D eigenvalue weighted by Crippen LogP contribution is -2.43. The van der Waals surface area contributed by atoms with Gasteiger partial charge in [0.2, 0.25) is 5.13 Å². The predicted molar refractivity (Wildman–Crippen MR) is 54.0 cm³/mol. The Hall–Kier alpha value is -0.680. The minimum absolute atomic E-state index is 0.518. The molecule has 2 N–H and O–H groups in total. The molecule has 0 saturated carbocycles. The molecule has 1 fully saturated rings. The van der Waals surface area contributed by atoms with E-state index >= 15 is 0 Å². The third-order valence-electron chi connectivity index (χ3n) is 2.35. The van der Waals surface area contributed by atoms with Gasteiger partial charge < -0.3 is 10.6 Å². The Morgan fingerprint density at radius 2 is 2.54 bits per heavy atom. The van der Waals surface area contributed by atoms with E-state index in [9.17, 15) is 0 Å². The number of rotatable bonds is 2. The third kappa shape index (κ3) is 2.38. The van der Waals surface area contributed by atoms with Crippen LogP contribution in [-0.4, -0.2) is 28.8 Å². The molecule has 0 bridgehead atoms. The number of hydrogen-bond donors (Lipinski definition) is 2. The van der Waals surface area contributed by atoms with E-state index in [4.69, 9.17) is 0 Å². The largest absolute Gasteiger partial charge is 0.356 e. The van der Waals surface area contributed by atoms with Crippen LogP contribution in [0.3, 0.4) is 0 Å². The van der Waals surface area contributed by atoms with E-state index in [-0.39, 0.29) is 0 Å². The van der Waals surface area contributed by atoms with Crippen LogP contribution in [-0.2, 0) is 0 Å². The fraction of sp³-hybridized carbons (Fsp3) is 0.750. The topological polar surface area (TPSA) is 49.8 Å². The first-order valence-electron chi connectivity index (χ1n) is 4.60. The van der Waals surface area contributed by atoms with Crippen LogP contribution < -0.4 is 10.6 Å². The lowest BCUT2D eigenvalue weighted by molar-refractivity contribution is 0.398. The molecule has 2 unspecified atom stereocenters. The summed E-state index contributed by atoms with van der Waals surface area (Å²) in [5.41, 5.74) is 1.75. The van der Waals surface area contributed by atoms with Gasteiger partial charge >= 0.3 is 0 Å². The van der Waals surface area contributed by atoms with E-state index in [1.54, 1.807) is 16.8 Å². The maximum Gasteiger partial charge on any atom is 0.205 e. The van der Waals surface area contributed by atoms with Gasteiger partial charge in [0.25, 0.3) is 0 Å². The van der Waals surface area contributed by atoms with Crippen LogP contribution in [0.2, 0.25) is 0 Å². The van der Waals surface area contributed by atoms with E-state index in [1.165, 1.54) is 12.8 Å². The molecule has 1 aromatic rings. The molecule has 0 radical (unpaired) electrons. The minimum atomic E-state index is 0.518. The van der Waals surface area contributed by atoms with Gasteiger partial charge in [-0.05, 0) is 19.8 Å². The van der Waals surface area contributed by atoms with Crippen molar-refractivity contribution < 1.29 is 0 Å². The molecular weight excluding hydrogens is 184 g/mol. The second-order valence-electron chi connectivity index (χ2n) is 3.47. The maximum atomic E-state index is 3.96. The van der Waals surface area contributed by atoms with Gasteiger partial charge in [-0.2, -0.15) is 0 Å². The Morgan fingerprint density at radius 3 is 3.15 bits per heavy atom. The van der Waals surface area contributed by atoms with E-state index in [1.807, 2.05) is 0 Å². The quantitative estimate of drug-likeness (QED) is 0.747. The summed E-state index contributed by atoms with van der Waals surface area (Å²) in [7, 11) is 0. The molecule has 2 rings (SSSR count). The van der Waals surface area contributed by atoms with Crippen molar-refractivity contribution in [2.75, 3.05) is 11.9 Å². The molecule has 2 heterocycles. The highest BCUT2D eigenvalue weighted by molar-refractivity contribution is 7.13. The lowest BCUT2D eigenvalue weighted by Gasteiger charge is -2.27. The molecule has 0 aliphatic carbocycles. The molecule has 0 amide bonds. The van der Waals surface area contributed by atoms with Crippen molar-refractivity contribution in [2.45, 2.75) is 31.8 Å². The zero-order valence-electron chi connectivity index (χ0n) is 7.66. The molecule has 0 aromatic carbocycles. The van der Waals surface area contributed by atoms with Gasteiger partial charge in [0.1, 0.15) is 5.51 Å². The highest BCUT2D eigenvalue weighted by atomic mass is 32.1. The van der Waals surface area contributed by atoms with Crippen molar-refractivity contribution >= 4 is 16.5 Å². The Morgan fingerprint density at radius 1 is 1.62 bits per heavy atom. The first-order valence-corrected chi connectivity index (χ1v) is 5.48. The maximum absolute atomic E-state index is 3.96. The van der Waals surface area contributed by atoms with Crippen molar-refractivity contribution in [1.82, 2.24) is 15.5 Å².